The third kappa shape index (κ3) is 5.97. The number of amides is 2. The molecule has 0 aliphatic rings. The summed E-state index contributed by atoms with van der Waals surface area (Å²) < 4.78 is 38.3. The third-order valence-electron chi connectivity index (χ3n) is 4.01. The number of rotatable bonds is 5. The van der Waals surface area contributed by atoms with Crippen molar-refractivity contribution in [3.05, 3.63) is 59.2 Å². The maximum absolute atomic E-state index is 12.8. The lowest BCUT2D eigenvalue weighted by atomic mass is 10.1. The monoisotopic (exact) mass is 415 g/mol. The molecule has 0 fully saturated rings. The molecule has 0 spiro atoms. The van der Waals surface area contributed by atoms with Crippen LogP contribution in [-0.4, -0.2) is 18.4 Å². The molecule has 0 aliphatic heterocycles. The summed E-state index contributed by atoms with van der Waals surface area (Å²) in [5.41, 5.74) is 6.02. The molecule has 2 aromatic rings. The quantitative estimate of drug-likeness (QED) is 0.683. The molecule has 2 rings (SSSR count). The standard InChI is InChI=1S/C19H20F3N3O2.ClH/c1-11-6-7-13(8-16(11)25-17(26)12(2)10-23)18(27)24-15-5-3-4-14(9-15)19(20,21)22;/h3-9,12H,10,23H2,1-2H3,(H,24,27)(H,25,26);1H. The molecule has 28 heavy (non-hydrogen) atoms. The molecule has 1 unspecified atom stereocenters. The molecule has 0 saturated heterocycles. The van der Waals surface area contributed by atoms with Gasteiger partial charge in [-0.3, -0.25) is 9.59 Å². The molecule has 5 nitrogen and oxygen atoms in total. The van der Waals surface area contributed by atoms with Crippen LogP contribution in [0.2, 0.25) is 0 Å². The number of anilines is 2. The van der Waals surface area contributed by atoms with Gasteiger partial charge in [0.05, 0.1) is 5.56 Å². The Morgan fingerprint density at radius 3 is 2.39 bits per heavy atom. The van der Waals surface area contributed by atoms with E-state index in [4.69, 9.17) is 5.73 Å². The van der Waals surface area contributed by atoms with E-state index in [1.807, 2.05) is 0 Å². The van der Waals surface area contributed by atoms with Gasteiger partial charge in [0.15, 0.2) is 0 Å². The van der Waals surface area contributed by atoms with E-state index < -0.39 is 23.6 Å². The van der Waals surface area contributed by atoms with Gasteiger partial charge in [-0.25, -0.2) is 0 Å². The van der Waals surface area contributed by atoms with Gasteiger partial charge in [0, 0.05) is 29.4 Å². The van der Waals surface area contributed by atoms with Crippen molar-refractivity contribution >= 4 is 35.6 Å². The van der Waals surface area contributed by atoms with Crippen LogP contribution in [-0.2, 0) is 11.0 Å². The summed E-state index contributed by atoms with van der Waals surface area (Å²) >= 11 is 0. The van der Waals surface area contributed by atoms with E-state index in [2.05, 4.69) is 10.6 Å². The Morgan fingerprint density at radius 2 is 1.79 bits per heavy atom. The number of nitrogens with two attached hydrogens (primary N) is 1. The van der Waals surface area contributed by atoms with E-state index in [1.165, 1.54) is 24.3 Å². The Labute approximate surface area is 166 Å². The van der Waals surface area contributed by atoms with Crippen LogP contribution in [0.1, 0.15) is 28.4 Å². The van der Waals surface area contributed by atoms with Crippen LogP contribution < -0.4 is 16.4 Å². The second-order valence-electron chi connectivity index (χ2n) is 6.19. The fraction of sp³-hybridized carbons (Fsp3) is 0.263. The Balaban J connectivity index is 0.00000392. The van der Waals surface area contributed by atoms with E-state index >= 15 is 0 Å². The number of carbonyl (C=O) groups is 2. The Hall–Kier alpha value is -2.58. The van der Waals surface area contributed by atoms with Gasteiger partial charge in [-0.05, 0) is 42.8 Å². The minimum Gasteiger partial charge on any atom is -0.330 e. The zero-order valence-electron chi connectivity index (χ0n) is 15.3. The maximum atomic E-state index is 12.8. The molecule has 0 heterocycles. The van der Waals surface area contributed by atoms with Crippen LogP contribution in [0.4, 0.5) is 24.5 Å². The zero-order chi connectivity index (χ0) is 20.2. The molecule has 9 heteroatoms. The largest absolute Gasteiger partial charge is 0.416 e. The molecule has 0 saturated carbocycles. The molecule has 0 aromatic heterocycles. The zero-order valence-corrected chi connectivity index (χ0v) is 16.1. The highest BCUT2D eigenvalue weighted by Crippen LogP contribution is 2.30. The first-order valence-corrected chi connectivity index (χ1v) is 8.22. The smallest absolute Gasteiger partial charge is 0.330 e. The lowest BCUT2D eigenvalue weighted by Crippen LogP contribution is -2.27. The predicted molar refractivity (Wildman–Crippen MR) is 105 cm³/mol. The minimum absolute atomic E-state index is 0. The van der Waals surface area contributed by atoms with E-state index in [1.54, 1.807) is 19.9 Å². The second kappa shape index (κ2) is 9.57. The van der Waals surface area contributed by atoms with Crippen molar-refractivity contribution in [3.8, 4) is 0 Å². The molecule has 4 N–H and O–H groups in total. The number of hydrogen-bond acceptors (Lipinski definition) is 3. The molecular weight excluding hydrogens is 395 g/mol. The number of nitrogens with one attached hydrogen (secondary N) is 2. The first-order chi connectivity index (χ1) is 12.6. The van der Waals surface area contributed by atoms with E-state index in [0.29, 0.717) is 5.69 Å². The summed E-state index contributed by atoms with van der Waals surface area (Å²) in [4.78, 5) is 24.4. The average Bonchev–Trinajstić information content (AvgIpc) is 2.62. The molecule has 152 valence electrons. The summed E-state index contributed by atoms with van der Waals surface area (Å²) in [5.74, 6) is -1.26. The Kier molecular flexibility index (Phi) is 8.01. The summed E-state index contributed by atoms with van der Waals surface area (Å²) in [6, 6.07) is 9.01. The topological polar surface area (TPSA) is 84.2 Å². The van der Waals surface area contributed by atoms with Gasteiger partial charge >= 0.3 is 6.18 Å². The molecule has 2 aromatic carbocycles. The highest BCUT2D eigenvalue weighted by atomic mass is 35.5. The fourth-order valence-electron chi connectivity index (χ4n) is 2.24. The average molecular weight is 416 g/mol. The number of hydrogen-bond donors (Lipinski definition) is 3. The summed E-state index contributed by atoms with van der Waals surface area (Å²) in [5, 5.41) is 5.13. The number of carbonyl (C=O) groups excluding carboxylic acids is 2. The van der Waals surface area contributed by atoms with E-state index in [-0.39, 0.29) is 36.1 Å². The normalized spacial score (nSPS) is 11.9. The van der Waals surface area contributed by atoms with Gasteiger partial charge in [-0.2, -0.15) is 13.2 Å². The fourth-order valence-corrected chi connectivity index (χ4v) is 2.24. The van der Waals surface area contributed by atoms with Crippen molar-refractivity contribution < 1.29 is 22.8 Å². The molecule has 0 aliphatic carbocycles. The maximum Gasteiger partial charge on any atom is 0.416 e. The van der Waals surface area contributed by atoms with Crippen LogP contribution >= 0.6 is 12.4 Å². The van der Waals surface area contributed by atoms with Crippen LogP contribution in [0, 0.1) is 12.8 Å². The van der Waals surface area contributed by atoms with Crippen LogP contribution in [0.3, 0.4) is 0 Å². The van der Waals surface area contributed by atoms with Crippen molar-refractivity contribution in [3.63, 3.8) is 0 Å². The van der Waals surface area contributed by atoms with Gasteiger partial charge in [0.1, 0.15) is 0 Å². The lowest BCUT2D eigenvalue weighted by molar-refractivity contribution is -0.137. The van der Waals surface area contributed by atoms with Gasteiger partial charge in [-0.1, -0.05) is 19.1 Å². The molecular formula is C19H21ClF3N3O2. The number of halogens is 4. The Bertz CT molecular complexity index is 857. The first kappa shape index (κ1) is 23.5. The number of aryl methyl sites for hydroxylation is 1. The van der Waals surface area contributed by atoms with Crippen LogP contribution in [0.15, 0.2) is 42.5 Å². The number of benzene rings is 2. The van der Waals surface area contributed by atoms with Crippen molar-refractivity contribution in [2.45, 2.75) is 20.0 Å². The third-order valence-corrected chi connectivity index (χ3v) is 4.01. The minimum atomic E-state index is -4.50. The van der Waals surface area contributed by atoms with E-state index in [9.17, 15) is 22.8 Å². The lowest BCUT2D eigenvalue weighted by Gasteiger charge is -2.14. The molecule has 1 atom stereocenters. The molecule has 0 radical (unpaired) electrons. The van der Waals surface area contributed by atoms with Crippen LogP contribution in [0.25, 0.3) is 0 Å². The SMILES string of the molecule is Cc1ccc(C(=O)Nc2cccc(C(F)(F)F)c2)cc1NC(=O)C(C)CN.Cl. The van der Waals surface area contributed by atoms with Crippen molar-refractivity contribution in [2.75, 3.05) is 17.2 Å². The van der Waals surface area contributed by atoms with Crippen molar-refractivity contribution in [1.29, 1.82) is 0 Å². The highest BCUT2D eigenvalue weighted by Gasteiger charge is 2.30. The summed E-state index contributed by atoms with van der Waals surface area (Å²) in [6.45, 7) is 3.62. The van der Waals surface area contributed by atoms with Crippen molar-refractivity contribution in [2.24, 2.45) is 11.7 Å². The number of alkyl halides is 3. The van der Waals surface area contributed by atoms with Gasteiger partial charge in [-0.15, -0.1) is 12.4 Å². The molecule has 0 bridgehead atoms. The Morgan fingerprint density at radius 1 is 1.11 bits per heavy atom. The molecule has 2 amide bonds. The summed E-state index contributed by atoms with van der Waals surface area (Å²) in [6.07, 6.45) is -4.50. The highest BCUT2D eigenvalue weighted by molar-refractivity contribution is 6.05. The van der Waals surface area contributed by atoms with Crippen LogP contribution in [0.5, 0.6) is 0 Å². The van der Waals surface area contributed by atoms with E-state index in [0.717, 1.165) is 17.7 Å². The summed E-state index contributed by atoms with van der Waals surface area (Å²) in [7, 11) is 0. The van der Waals surface area contributed by atoms with Gasteiger partial charge < -0.3 is 16.4 Å². The van der Waals surface area contributed by atoms with Crippen molar-refractivity contribution in [1.82, 2.24) is 0 Å². The first-order valence-electron chi connectivity index (χ1n) is 8.22. The second-order valence-corrected chi connectivity index (χ2v) is 6.19. The predicted octanol–water partition coefficient (Wildman–Crippen LogP) is 4.22. The van der Waals surface area contributed by atoms with Gasteiger partial charge in [0.25, 0.3) is 5.91 Å². The van der Waals surface area contributed by atoms with Gasteiger partial charge in [0.2, 0.25) is 5.91 Å².